The Hall–Kier alpha value is -3.81. The van der Waals surface area contributed by atoms with Gasteiger partial charge in [-0.2, -0.15) is 5.26 Å². The summed E-state index contributed by atoms with van der Waals surface area (Å²) in [6, 6.07) is 4.84. The minimum Gasteiger partial charge on any atom is -0.492 e. The number of nitriles is 1. The molecule has 11 heteroatoms. The van der Waals surface area contributed by atoms with Crippen LogP contribution in [0.5, 0.6) is 0 Å². The van der Waals surface area contributed by atoms with Crippen molar-refractivity contribution in [1.82, 2.24) is 15.3 Å². The SMILES string of the molecule is N#Cc1ccc(N2NC(=O)CC(OC3CCN(C(=O)O)CC3)=C2C(N)=O)cn1. The number of carboxylic acid groups (broad SMARTS) is 1. The predicted octanol–water partition coefficient (Wildman–Crippen LogP) is 0.0505. The van der Waals surface area contributed by atoms with Gasteiger partial charge >= 0.3 is 6.09 Å². The summed E-state index contributed by atoms with van der Waals surface area (Å²) in [6.07, 6.45) is 0.691. The fourth-order valence-corrected chi connectivity index (χ4v) is 3.06. The van der Waals surface area contributed by atoms with E-state index in [1.165, 1.54) is 28.2 Å². The molecule has 0 aromatic carbocycles. The van der Waals surface area contributed by atoms with Gasteiger partial charge in [0.25, 0.3) is 5.91 Å². The molecule has 2 aliphatic rings. The Morgan fingerprint density at radius 3 is 2.61 bits per heavy atom. The van der Waals surface area contributed by atoms with Gasteiger partial charge in [-0.25, -0.2) is 14.8 Å². The Labute approximate surface area is 159 Å². The lowest BCUT2D eigenvalue weighted by molar-refractivity contribution is -0.122. The number of nitrogens with two attached hydrogens (primary N) is 1. The molecular formula is C17H18N6O5. The minimum atomic E-state index is -0.993. The molecule has 28 heavy (non-hydrogen) atoms. The predicted molar refractivity (Wildman–Crippen MR) is 94.1 cm³/mol. The smallest absolute Gasteiger partial charge is 0.407 e. The van der Waals surface area contributed by atoms with Crippen molar-refractivity contribution in [3.63, 3.8) is 0 Å². The topological polar surface area (TPSA) is 162 Å². The molecule has 0 unspecified atom stereocenters. The highest BCUT2D eigenvalue weighted by Gasteiger charge is 2.33. The van der Waals surface area contributed by atoms with Crippen LogP contribution in [0.1, 0.15) is 25.0 Å². The molecule has 1 aromatic heterocycles. The molecule has 0 aliphatic carbocycles. The monoisotopic (exact) mass is 386 g/mol. The zero-order valence-corrected chi connectivity index (χ0v) is 14.8. The van der Waals surface area contributed by atoms with Gasteiger partial charge in [0.15, 0.2) is 5.70 Å². The summed E-state index contributed by atoms with van der Waals surface area (Å²) in [5.41, 5.74) is 8.54. The number of hydrazine groups is 1. The molecule has 2 aliphatic heterocycles. The number of amides is 3. The van der Waals surface area contributed by atoms with Crippen molar-refractivity contribution in [1.29, 1.82) is 5.26 Å². The molecule has 0 spiro atoms. The Bertz CT molecular complexity index is 867. The summed E-state index contributed by atoms with van der Waals surface area (Å²) < 4.78 is 5.89. The highest BCUT2D eigenvalue weighted by Crippen LogP contribution is 2.27. The van der Waals surface area contributed by atoms with Gasteiger partial charge in [0.2, 0.25) is 5.91 Å². The van der Waals surface area contributed by atoms with Gasteiger partial charge < -0.3 is 20.5 Å². The van der Waals surface area contributed by atoms with Gasteiger partial charge in [0.05, 0.1) is 18.3 Å². The number of ether oxygens (including phenoxy) is 1. The number of likely N-dealkylation sites (tertiary alicyclic amines) is 1. The molecule has 146 valence electrons. The molecule has 1 aromatic rings. The van der Waals surface area contributed by atoms with E-state index in [1.807, 2.05) is 6.07 Å². The maximum Gasteiger partial charge on any atom is 0.407 e. The molecule has 3 rings (SSSR count). The third kappa shape index (κ3) is 3.96. The van der Waals surface area contributed by atoms with Crippen LogP contribution < -0.4 is 16.2 Å². The first-order valence-corrected chi connectivity index (χ1v) is 8.52. The number of nitrogens with one attached hydrogen (secondary N) is 1. The van der Waals surface area contributed by atoms with E-state index in [4.69, 9.17) is 20.8 Å². The normalized spacial score (nSPS) is 17.8. The second-order valence-corrected chi connectivity index (χ2v) is 6.28. The minimum absolute atomic E-state index is 0.0354. The van der Waals surface area contributed by atoms with Crippen molar-refractivity contribution in [2.24, 2.45) is 5.73 Å². The first-order valence-electron chi connectivity index (χ1n) is 8.52. The molecule has 0 bridgehead atoms. The summed E-state index contributed by atoms with van der Waals surface area (Å²) in [4.78, 5) is 40.5. The standard InChI is InChI=1S/C17H18N6O5/c18-8-10-1-2-11(9-20-10)23-15(16(19)25)13(7-14(24)21-23)28-12-3-5-22(6-4-12)17(26)27/h1-2,9,12H,3-7H2,(H2,19,25)(H,21,24)(H,26,27). The van der Waals surface area contributed by atoms with Gasteiger partial charge in [0.1, 0.15) is 23.6 Å². The largest absolute Gasteiger partial charge is 0.492 e. The number of carbonyl (C=O) groups excluding carboxylic acids is 2. The van der Waals surface area contributed by atoms with Crippen LogP contribution in [0, 0.1) is 11.3 Å². The summed E-state index contributed by atoms with van der Waals surface area (Å²) in [7, 11) is 0. The van der Waals surface area contributed by atoms with Gasteiger partial charge in [-0.1, -0.05) is 0 Å². The van der Waals surface area contributed by atoms with Crippen molar-refractivity contribution in [2.45, 2.75) is 25.4 Å². The van der Waals surface area contributed by atoms with E-state index in [-0.39, 0.29) is 29.7 Å². The molecule has 1 fully saturated rings. The van der Waals surface area contributed by atoms with Crippen LogP contribution in [-0.2, 0) is 14.3 Å². The Morgan fingerprint density at radius 1 is 1.36 bits per heavy atom. The number of hydrogen-bond donors (Lipinski definition) is 3. The average Bonchev–Trinajstić information content (AvgIpc) is 2.67. The summed E-state index contributed by atoms with van der Waals surface area (Å²) in [5, 5.41) is 19.1. The number of rotatable bonds is 4. The van der Waals surface area contributed by atoms with E-state index >= 15 is 0 Å². The van der Waals surface area contributed by atoms with Crippen molar-refractivity contribution >= 4 is 23.6 Å². The number of pyridine rings is 1. The molecule has 3 amide bonds. The van der Waals surface area contributed by atoms with Crippen molar-refractivity contribution in [3.05, 3.63) is 35.5 Å². The third-order valence-electron chi connectivity index (χ3n) is 4.42. The molecule has 0 atom stereocenters. The van der Waals surface area contributed by atoms with Crippen LogP contribution in [0.3, 0.4) is 0 Å². The van der Waals surface area contributed by atoms with Gasteiger partial charge in [-0.15, -0.1) is 0 Å². The number of nitrogens with zero attached hydrogens (tertiary/aromatic N) is 4. The number of carbonyl (C=O) groups is 3. The van der Waals surface area contributed by atoms with Crippen molar-refractivity contribution in [2.75, 3.05) is 18.1 Å². The highest BCUT2D eigenvalue weighted by molar-refractivity contribution is 6.00. The number of anilines is 1. The molecular weight excluding hydrogens is 368 g/mol. The fraction of sp³-hybridized carbons (Fsp3) is 0.353. The molecule has 4 N–H and O–H groups in total. The van der Waals surface area contributed by atoms with Crippen LogP contribution in [0.15, 0.2) is 29.8 Å². The third-order valence-corrected chi connectivity index (χ3v) is 4.42. The van der Waals surface area contributed by atoms with E-state index in [0.29, 0.717) is 31.6 Å². The van der Waals surface area contributed by atoms with E-state index < -0.39 is 17.9 Å². The fourth-order valence-electron chi connectivity index (χ4n) is 3.06. The quantitative estimate of drug-likeness (QED) is 0.654. The Kier molecular flexibility index (Phi) is 5.30. The van der Waals surface area contributed by atoms with Crippen LogP contribution >= 0.6 is 0 Å². The van der Waals surface area contributed by atoms with E-state index in [0.717, 1.165) is 0 Å². The van der Waals surface area contributed by atoms with Crippen LogP contribution in [0.2, 0.25) is 0 Å². The first kappa shape index (κ1) is 19.0. The van der Waals surface area contributed by atoms with Crippen LogP contribution in [-0.4, -0.2) is 52.1 Å². The maximum atomic E-state index is 12.2. The molecule has 0 saturated carbocycles. The van der Waals surface area contributed by atoms with Gasteiger partial charge in [0, 0.05) is 25.9 Å². The molecule has 11 nitrogen and oxygen atoms in total. The lowest BCUT2D eigenvalue weighted by Gasteiger charge is -2.35. The summed E-state index contributed by atoms with van der Waals surface area (Å²) >= 11 is 0. The second-order valence-electron chi connectivity index (χ2n) is 6.28. The highest BCUT2D eigenvalue weighted by atomic mass is 16.5. The van der Waals surface area contributed by atoms with E-state index in [1.54, 1.807) is 0 Å². The average molecular weight is 386 g/mol. The lowest BCUT2D eigenvalue weighted by atomic mass is 10.1. The summed E-state index contributed by atoms with van der Waals surface area (Å²) in [5.74, 6) is -1.09. The van der Waals surface area contributed by atoms with E-state index in [2.05, 4.69) is 10.4 Å². The van der Waals surface area contributed by atoms with Crippen LogP contribution in [0.4, 0.5) is 10.5 Å². The zero-order chi connectivity index (χ0) is 20.3. The number of primary amides is 1. The van der Waals surface area contributed by atoms with Crippen molar-refractivity contribution in [3.8, 4) is 6.07 Å². The number of piperidine rings is 1. The lowest BCUT2D eigenvalue weighted by Crippen LogP contribution is -2.50. The zero-order valence-electron chi connectivity index (χ0n) is 14.8. The van der Waals surface area contributed by atoms with Crippen molar-refractivity contribution < 1.29 is 24.2 Å². The maximum absolute atomic E-state index is 12.2. The Balaban J connectivity index is 1.85. The molecule has 3 heterocycles. The van der Waals surface area contributed by atoms with Crippen LogP contribution in [0.25, 0.3) is 0 Å². The second kappa shape index (κ2) is 7.83. The first-order chi connectivity index (χ1) is 13.4. The molecule has 1 saturated heterocycles. The Morgan fingerprint density at radius 2 is 2.07 bits per heavy atom. The van der Waals surface area contributed by atoms with E-state index in [9.17, 15) is 14.4 Å². The van der Waals surface area contributed by atoms with Gasteiger partial charge in [-0.05, 0) is 12.1 Å². The molecule has 0 radical (unpaired) electrons. The number of hydrogen-bond acceptors (Lipinski definition) is 7. The number of aromatic nitrogens is 1. The van der Waals surface area contributed by atoms with Gasteiger partial charge in [-0.3, -0.25) is 15.0 Å². The summed E-state index contributed by atoms with van der Waals surface area (Å²) in [6.45, 7) is 0.600.